The molecule has 0 saturated carbocycles. The van der Waals surface area contributed by atoms with Gasteiger partial charge in [0.2, 0.25) is 5.91 Å². The SMILES string of the molecule is COCC(=O)N1[C@H]2CC[C@H]1c1cnc3cc(C(C)(C)C)nn3c1C2. The van der Waals surface area contributed by atoms with E-state index in [2.05, 4.69) is 31.8 Å². The predicted octanol–water partition coefficient (Wildman–Crippen LogP) is 2.26. The van der Waals surface area contributed by atoms with Crippen molar-refractivity contribution in [2.24, 2.45) is 0 Å². The average molecular weight is 328 g/mol. The van der Waals surface area contributed by atoms with E-state index >= 15 is 0 Å². The van der Waals surface area contributed by atoms with Gasteiger partial charge in [-0.05, 0) is 12.8 Å². The zero-order valence-electron chi connectivity index (χ0n) is 14.7. The number of nitrogens with zero attached hydrogens (tertiary/aromatic N) is 4. The Labute approximate surface area is 141 Å². The summed E-state index contributed by atoms with van der Waals surface area (Å²) in [7, 11) is 1.57. The number of hydrogen-bond acceptors (Lipinski definition) is 4. The van der Waals surface area contributed by atoms with E-state index in [9.17, 15) is 4.79 Å². The number of amides is 1. The molecule has 2 aromatic rings. The van der Waals surface area contributed by atoms with Gasteiger partial charge in [-0.15, -0.1) is 0 Å². The molecule has 0 spiro atoms. The first-order valence-electron chi connectivity index (χ1n) is 8.58. The Balaban J connectivity index is 1.80. The maximum absolute atomic E-state index is 12.4. The van der Waals surface area contributed by atoms with Crippen LogP contribution in [0.2, 0.25) is 0 Å². The summed E-state index contributed by atoms with van der Waals surface area (Å²) in [6.45, 7) is 6.64. The van der Waals surface area contributed by atoms with Crippen molar-refractivity contribution in [2.75, 3.05) is 13.7 Å². The molecule has 24 heavy (non-hydrogen) atoms. The Kier molecular flexibility index (Phi) is 3.42. The van der Waals surface area contributed by atoms with Crippen molar-refractivity contribution in [3.63, 3.8) is 0 Å². The van der Waals surface area contributed by atoms with E-state index in [-0.39, 0.29) is 30.0 Å². The van der Waals surface area contributed by atoms with Gasteiger partial charge < -0.3 is 9.64 Å². The van der Waals surface area contributed by atoms with Crippen LogP contribution in [-0.4, -0.2) is 45.2 Å². The van der Waals surface area contributed by atoms with Crippen molar-refractivity contribution in [3.8, 4) is 0 Å². The first kappa shape index (κ1) is 15.6. The van der Waals surface area contributed by atoms with E-state index in [1.807, 2.05) is 15.6 Å². The van der Waals surface area contributed by atoms with Crippen LogP contribution in [0.15, 0.2) is 12.3 Å². The molecule has 4 rings (SSSR count). The molecule has 2 bridgehead atoms. The van der Waals surface area contributed by atoms with Gasteiger partial charge in [0.1, 0.15) is 6.61 Å². The smallest absolute Gasteiger partial charge is 0.249 e. The maximum atomic E-state index is 12.4. The molecule has 1 amide bonds. The highest BCUT2D eigenvalue weighted by atomic mass is 16.5. The summed E-state index contributed by atoms with van der Waals surface area (Å²) < 4.78 is 7.06. The monoisotopic (exact) mass is 328 g/mol. The van der Waals surface area contributed by atoms with Crippen molar-refractivity contribution < 1.29 is 9.53 Å². The van der Waals surface area contributed by atoms with Crippen LogP contribution in [0.4, 0.5) is 0 Å². The molecule has 2 aliphatic heterocycles. The predicted molar refractivity (Wildman–Crippen MR) is 89.9 cm³/mol. The molecular weight excluding hydrogens is 304 g/mol. The van der Waals surface area contributed by atoms with Crippen LogP contribution < -0.4 is 0 Å². The van der Waals surface area contributed by atoms with Gasteiger partial charge in [0.15, 0.2) is 5.65 Å². The van der Waals surface area contributed by atoms with Gasteiger partial charge >= 0.3 is 0 Å². The van der Waals surface area contributed by atoms with Crippen LogP contribution in [0.3, 0.4) is 0 Å². The highest BCUT2D eigenvalue weighted by molar-refractivity contribution is 5.79. The van der Waals surface area contributed by atoms with Gasteiger partial charge in [0, 0.05) is 42.8 Å². The van der Waals surface area contributed by atoms with Crippen LogP contribution in [0.5, 0.6) is 0 Å². The fraction of sp³-hybridized carbons (Fsp3) is 0.611. The fourth-order valence-corrected chi connectivity index (χ4v) is 4.03. The molecule has 6 nitrogen and oxygen atoms in total. The lowest BCUT2D eigenvalue weighted by atomic mass is 9.93. The topological polar surface area (TPSA) is 59.7 Å². The van der Waals surface area contributed by atoms with Crippen molar-refractivity contribution >= 4 is 11.6 Å². The third kappa shape index (κ3) is 2.24. The van der Waals surface area contributed by atoms with Crippen LogP contribution in [0, 0.1) is 0 Å². The summed E-state index contributed by atoms with van der Waals surface area (Å²) in [5.74, 6) is 0.0755. The Morgan fingerprint density at radius 1 is 1.38 bits per heavy atom. The number of methoxy groups -OCH3 is 1. The highest BCUT2D eigenvalue weighted by Crippen LogP contribution is 2.43. The number of hydrogen-bond donors (Lipinski definition) is 0. The zero-order chi connectivity index (χ0) is 17.1. The van der Waals surface area contributed by atoms with Crippen molar-refractivity contribution in [1.82, 2.24) is 19.5 Å². The van der Waals surface area contributed by atoms with Gasteiger partial charge in [-0.25, -0.2) is 9.50 Å². The Morgan fingerprint density at radius 2 is 2.17 bits per heavy atom. The van der Waals surface area contributed by atoms with E-state index in [0.29, 0.717) is 0 Å². The largest absolute Gasteiger partial charge is 0.375 e. The third-order valence-corrected chi connectivity index (χ3v) is 5.23. The van der Waals surface area contributed by atoms with Crippen LogP contribution in [0.25, 0.3) is 5.65 Å². The lowest BCUT2D eigenvalue weighted by Crippen LogP contribution is -2.44. The number of aromatic nitrogens is 3. The molecule has 0 radical (unpaired) electrons. The Hall–Kier alpha value is -1.95. The molecule has 0 aromatic carbocycles. The van der Waals surface area contributed by atoms with E-state index < -0.39 is 0 Å². The molecule has 128 valence electrons. The molecular formula is C18H24N4O2. The number of carbonyl (C=O) groups is 1. The summed E-state index contributed by atoms with van der Waals surface area (Å²) in [6, 6.07) is 2.43. The molecule has 2 aliphatic rings. The second kappa shape index (κ2) is 5.28. The van der Waals surface area contributed by atoms with Gasteiger partial charge in [-0.3, -0.25) is 4.79 Å². The fourth-order valence-electron chi connectivity index (χ4n) is 4.03. The summed E-state index contributed by atoms with van der Waals surface area (Å²) in [6.07, 6.45) is 4.81. The van der Waals surface area contributed by atoms with Gasteiger partial charge in [-0.1, -0.05) is 20.8 Å². The second-order valence-corrected chi connectivity index (χ2v) is 7.89. The van der Waals surface area contributed by atoms with E-state index in [1.54, 1.807) is 7.11 Å². The van der Waals surface area contributed by atoms with E-state index in [1.165, 1.54) is 5.69 Å². The molecule has 0 unspecified atom stereocenters. The van der Waals surface area contributed by atoms with Gasteiger partial charge in [0.05, 0.1) is 17.4 Å². The van der Waals surface area contributed by atoms with Crippen molar-refractivity contribution in [2.45, 2.75) is 57.5 Å². The standard InChI is InChI=1S/C18H24N4O2/c1-18(2,3)15-8-16-19-9-12-13-6-5-11(7-14(12)22(16)20-15)21(13)17(23)10-24-4/h8-9,11,13H,5-7,10H2,1-4H3/t11-,13-/m0/s1. The Bertz CT molecular complexity index is 805. The molecule has 6 heteroatoms. The summed E-state index contributed by atoms with van der Waals surface area (Å²) in [5.41, 5.74) is 4.30. The van der Waals surface area contributed by atoms with Crippen LogP contribution >= 0.6 is 0 Å². The number of ether oxygens (including phenoxy) is 1. The van der Waals surface area contributed by atoms with Gasteiger partial charge in [-0.2, -0.15) is 5.10 Å². The maximum Gasteiger partial charge on any atom is 0.249 e. The highest BCUT2D eigenvalue weighted by Gasteiger charge is 2.43. The normalized spacial score (nSPS) is 22.9. The summed E-state index contributed by atoms with van der Waals surface area (Å²) in [4.78, 5) is 19.0. The van der Waals surface area contributed by atoms with Crippen LogP contribution in [0.1, 0.15) is 56.6 Å². The molecule has 2 aromatic heterocycles. The minimum atomic E-state index is -0.00526. The molecule has 0 aliphatic carbocycles. The van der Waals surface area contributed by atoms with E-state index in [4.69, 9.17) is 9.84 Å². The average Bonchev–Trinajstić information content (AvgIpc) is 3.08. The molecule has 0 N–H and O–H groups in total. The number of rotatable bonds is 2. The minimum absolute atomic E-state index is 0.00526. The zero-order valence-corrected chi connectivity index (χ0v) is 14.7. The Morgan fingerprint density at radius 3 is 2.88 bits per heavy atom. The third-order valence-electron chi connectivity index (χ3n) is 5.23. The molecule has 2 atom stereocenters. The molecule has 1 saturated heterocycles. The van der Waals surface area contributed by atoms with Crippen LogP contribution in [-0.2, 0) is 21.4 Å². The van der Waals surface area contributed by atoms with Crippen molar-refractivity contribution in [3.05, 3.63) is 29.2 Å². The quantitative estimate of drug-likeness (QED) is 0.848. The van der Waals surface area contributed by atoms with E-state index in [0.717, 1.165) is 36.2 Å². The first-order chi connectivity index (χ1) is 11.4. The number of carbonyl (C=O) groups excluding carboxylic acids is 1. The summed E-state index contributed by atoms with van der Waals surface area (Å²) >= 11 is 0. The first-order valence-corrected chi connectivity index (χ1v) is 8.58. The minimum Gasteiger partial charge on any atom is -0.375 e. The molecule has 1 fully saturated rings. The second-order valence-electron chi connectivity index (χ2n) is 7.89. The lowest BCUT2D eigenvalue weighted by Gasteiger charge is -2.36. The lowest BCUT2D eigenvalue weighted by molar-refractivity contribution is -0.138. The summed E-state index contributed by atoms with van der Waals surface area (Å²) in [5, 5.41) is 4.83. The molecule has 4 heterocycles. The van der Waals surface area contributed by atoms with Crippen molar-refractivity contribution in [1.29, 1.82) is 0 Å². The van der Waals surface area contributed by atoms with Gasteiger partial charge in [0.25, 0.3) is 0 Å². The number of fused-ring (bicyclic) bond motifs is 6.